The highest BCUT2D eigenvalue weighted by molar-refractivity contribution is 9.10. The lowest BCUT2D eigenvalue weighted by Gasteiger charge is -2.17. The zero-order valence-corrected chi connectivity index (χ0v) is 13.2. The van der Waals surface area contributed by atoms with Crippen LogP contribution >= 0.6 is 27.5 Å². The van der Waals surface area contributed by atoms with Gasteiger partial charge in [0.05, 0.1) is 0 Å². The third-order valence-corrected chi connectivity index (χ3v) is 3.96. The smallest absolute Gasteiger partial charge is 0.0474 e. The van der Waals surface area contributed by atoms with Crippen LogP contribution in [0.3, 0.4) is 0 Å². The van der Waals surface area contributed by atoms with Crippen LogP contribution in [0.5, 0.6) is 0 Å². The van der Waals surface area contributed by atoms with E-state index in [-0.39, 0.29) is 6.04 Å². The van der Waals surface area contributed by atoms with Gasteiger partial charge < -0.3 is 0 Å². The van der Waals surface area contributed by atoms with Crippen LogP contribution in [0.2, 0.25) is 5.02 Å². The minimum absolute atomic E-state index is 0.146. The minimum Gasteiger partial charge on any atom is -0.271 e. The molecule has 1 aromatic rings. The molecule has 0 heterocycles. The Hall–Kier alpha value is -0.0900. The molecule has 0 amide bonds. The summed E-state index contributed by atoms with van der Waals surface area (Å²) >= 11 is 9.65. The van der Waals surface area contributed by atoms with Gasteiger partial charge in [-0.25, -0.2) is 0 Å². The summed E-state index contributed by atoms with van der Waals surface area (Å²) in [6.45, 7) is 2.23. The van der Waals surface area contributed by atoms with Gasteiger partial charge in [0.15, 0.2) is 0 Å². The number of hydrogen-bond donors (Lipinski definition) is 2. The van der Waals surface area contributed by atoms with Gasteiger partial charge in [0.1, 0.15) is 0 Å². The van der Waals surface area contributed by atoms with Gasteiger partial charge in [-0.2, -0.15) is 0 Å². The number of unbranched alkanes of at least 4 members (excludes halogenated alkanes) is 4. The predicted molar refractivity (Wildman–Crippen MR) is 82.6 cm³/mol. The second-order valence-corrected chi connectivity index (χ2v) is 5.91. The van der Waals surface area contributed by atoms with Gasteiger partial charge in [0.25, 0.3) is 0 Å². The molecule has 0 saturated heterocycles. The summed E-state index contributed by atoms with van der Waals surface area (Å²) in [6, 6.07) is 6.09. The van der Waals surface area contributed by atoms with Crippen LogP contribution in [0.25, 0.3) is 0 Å². The van der Waals surface area contributed by atoms with E-state index < -0.39 is 0 Å². The lowest BCUT2D eigenvalue weighted by Crippen LogP contribution is -2.28. The SMILES string of the molecule is CCCCCCCC(NN)c1ccc(Br)cc1Cl. The van der Waals surface area contributed by atoms with Gasteiger partial charge in [0.2, 0.25) is 0 Å². The topological polar surface area (TPSA) is 38.0 Å². The summed E-state index contributed by atoms with van der Waals surface area (Å²) < 4.78 is 0.995. The number of halogens is 2. The van der Waals surface area contributed by atoms with Crippen molar-refractivity contribution >= 4 is 27.5 Å². The Kier molecular flexibility index (Phi) is 7.91. The van der Waals surface area contributed by atoms with Crippen molar-refractivity contribution in [1.29, 1.82) is 0 Å². The highest BCUT2D eigenvalue weighted by Crippen LogP contribution is 2.29. The largest absolute Gasteiger partial charge is 0.271 e. The Balaban J connectivity index is 2.49. The molecular weight excluding hydrogens is 312 g/mol. The molecule has 0 bridgehead atoms. The number of hydrogen-bond acceptors (Lipinski definition) is 2. The van der Waals surface area contributed by atoms with Gasteiger partial charge in [-0.1, -0.05) is 72.6 Å². The Labute approximate surface area is 123 Å². The van der Waals surface area contributed by atoms with Gasteiger partial charge >= 0.3 is 0 Å². The summed E-state index contributed by atoms with van der Waals surface area (Å²) in [4.78, 5) is 0. The maximum atomic E-state index is 6.24. The quantitative estimate of drug-likeness (QED) is 0.400. The summed E-state index contributed by atoms with van der Waals surface area (Å²) in [5.74, 6) is 5.63. The number of rotatable bonds is 8. The van der Waals surface area contributed by atoms with Gasteiger partial charge in [-0.15, -0.1) is 0 Å². The number of hydrazine groups is 1. The van der Waals surface area contributed by atoms with E-state index >= 15 is 0 Å². The van der Waals surface area contributed by atoms with Crippen LogP contribution in [0.4, 0.5) is 0 Å². The molecule has 1 aromatic carbocycles. The second-order valence-electron chi connectivity index (χ2n) is 4.59. The number of nitrogens with two attached hydrogens (primary N) is 1. The van der Waals surface area contributed by atoms with E-state index in [1.165, 1.54) is 32.1 Å². The first-order valence-corrected chi connectivity index (χ1v) is 7.77. The lowest BCUT2D eigenvalue weighted by atomic mass is 10.0. The van der Waals surface area contributed by atoms with E-state index in [1.54, 1.807) is 0 Å². The highest BCUT2D eigenvalue weighted by atomic mass is 79.9. The summed E-state index contributed by atoms with van der Waals surface area (Å²) in [5.41, 5.74) is 3.95. The van der Waals surface area contributed by atoms with Crippen molar-refractivity contribution in [2.75, 3.05) is 0 Å². The monoisotopic (exact) mass is 332 g/mol. The van der Waals surface area contributed by atoms with Crippen molar-refractivity contribution in [3.8, 4) is 0 Å². The van der Waals surface area contributed by atoms with Crippen LogP contribution in [-0.4, -0.2) is 0 Å². The molecular formula is C14H22BrClN2. The molecule has 1 rings (SSSR count). The van der Waals surface area contributed by atoms with E-state index in [4.69, 9.17) is 17.4 Å². The maximum Gasteiger partial charge on any atom is 0.0474 e. The van der Waals surface area contributed by atoms with E-state index in [1.807, 2.05) is 18.2 Å². The molecule has 2 nitrogen and oxygen atoms in total. The van der Waals surface area contributed by atoms with Crippen molar-refractivity contribution in [2.45, 2.75) is 51.5 Å². The fourth-order valence-corrected chi connectivity index (χ4v) is 2.87. The van der Waals surface area contributed by atoms with Gasteiger partial charge in [-0.3, -0.25) is 11.3 Å². The van der Waals surface area contributed by atoms with Crippen LogP contribution < -0.4 is 11.3 Å². The number of benzene rings is 1. The van der Waals surface area contributed by atoms with E-state index in [0.717, 1.165) is 21.5 Å². The first-order valence-electron chi connectivity index (χ1n) is 6.60. The lowest BCUT2D eigenvalue weighted by molar-refractivity contribution is 0.479. The Morgan fingerprint density at radius 1 is 1.28 bits per heavy atom. The normalized spacial score (nSPS) is 12.7. The Morgan fingerprint density at radius 2 is 2.00 bits per heavy atom. The van der Waals surface area contributed by atoms with Crippen LogP contribution in [0, 0.1) is 0 Å². The van der Waals surface area contributed by atoms with E-state index in [0.29, 0.717) is 0 Å². The predicted octanol–water partition coefficient (Wildman–Crippen LogP) is 4.97. The van der Waals surface area contributed by atoms with Crippen molar-refractivity contribution in [1.82, 2.24) is 5.43 Å². The Bertz CT molecular complexity index is 358. The Morgan fingerprint density at radius 3 is 2.61 bits per heavy atom. The van der Waals surface area contributed by atoms with Gasteiger partial charge in [0, 0.05) is 15.5 Å². The maximum absolute atomic E-state index is 6.24. The molecule has 0 radical (unpaired) electrons. The second kappa shape index (κ2) is 8.92. The van der Waals surface area contributed by atoms with Crippen molar-refractivity contribution in [2.24, 2.45) is 5.84 Å². The molecule has 0 aliphatic carbocycles. The highest BCUT2D eigenvalue weighted by Gasteiger charge is 2.12. The van der Waals surface area contributed by atoms with Crippen molar-refractivity contribution in [3.05, 3.63) is 33.3 Å². The molecule has 0 aliphatic rings. The average molecular weight is 334 g/mol. The molecule has 0 aliphatic heterocycles. The molecule has 18 heavy (non-hydrogen) atoms. The minimum atomic E-state index is 0.146. The molecule has 102 valence electrons. The zero-order chi connectivity index (χ0) is 13.4. The third kappa shape index (κ3) is 5.27. The van der Waals surface area contributed by atoms with Crippen LogP contribution in [-0.2, 0) is 0 Å². The molecule has 0 fully saturated rings. The van der Waals surface area contributed by atoms with Crippen molar-refractivity contribution < 1.29 is 0 Å². The molecule has 0 saturated carbocycles. The molecule has 1 atom stereocenters. The summed E-state index contributed by atoms with van der Waals surface area (Å²) in [5, 5.41) is 0.765. The standard InChI is InChI=1S/C14H22BrClN2/c1-2-3-4-5-6-7-14(18-17)12-9-8-11(15)10-13(12)16/h8-10,14,18H,2-7,17H2,1H3. The first kappa shape index (κ1) is 16.0. The van der Waals surface area contributed by atoms with Crippen LogP contribution in [0.15, 0.2) is 22.7 Å². The fraction of sp³-hybridized carbons (Fsp3) is 0.571. The van der Waals surface area contributed by atoms with E-state index in [9.17, 15) is 0 Å². The summed E-state index contributed by atoms with van der Waals surface area (Å²) in [7, 11) is 0. The third-order valence-electron chi connectivity index (χ3n) is 3.14. The first-order chi connectivity index (χ1) is 8.69. The van der Waals surface area contributed by atoms with Crippen LogP contribution in [0.1, 0.15) is 57.1 Å². The zero-order valence-electron chi connectivity index (χ0n) is 10.9. The summed E-state index contributed by atoms with van der Waals surface area (Å²) in [6.07, 6.45) is 7.38. The molecule has 1 unspecified atom stereocenters. The average Bonchev–Trinajstić information content (AvgIpc) is 2.35. The molecule has 4 heteroatoms. The fourth-order valence-electron chi connectivity index (χ4n) is 2.06. The molecule has 0 aromatic heterocycles. The van der Waals surface area contributed by atoms with Gasteiger partial charge in [-0.05, 0) is 24.1 Å². The van der Waals surface area contributed by atoms with Crippen molar-refractivity contribution in [3.63, 3.8) is 0 Å². The molecule has 3 N–H and O–H groups in total. The molecule has 0 spiro atoms. The number of nitrogens with one attached hydrogen (secondary N) is 1. The van der Waals surface area contributed by atoms with E-state index in [2.05, 4.69) is 28.3 Å².